The first-order valence-corrected chi connectivity index (χ1v) is 9.97. The van der Waals surface area contributed by atoms with Crippen LogP contribution >= 0.6 is 11.8 Å². The molecule has 1 atom stereocenters. The molecule has 3 rings (SSSR count). The number of amides is 2. The molecule has 6 heteroatoms. The highest BCUT2D eigenvalue weighted by molar-refractivity contribution is 8.00. The molecule has 1 fully saturated rings. The predicted octanol–water partition coefficient (Wildman–Crippen LogP) is 3.38. The number of fused-ring (bicyclic) bond motifs is 1. The van der Waals surface area contributed by atoms with E-state index in [9.17, 15) is 9.59 Å². The van der Waals surface area contributed by atoms with Gasteiger partial charge in [0.15, 0.2) is 0 Å². The molecule has 0 unspecified atom stereocenters. The van der Waals surface area contributed by atoms with Gasteiger partial charge in [0.2, 0.25) is 5.91 Å². The Bertz CT molecular complexity index is 818. The van der Waals surface area contributed by atoms with Crippen LogP contribution in [-0.4, -0.2) is 34.6 Å². The highest BCUT2D eigenvalue weighted by Crippen LogP contribution is 2.28. The standard InChI is InChI=1S/C20H25N3O2S/c1-12(2)11-21-19(24)13(3)26-18-10-16(20(25)22-14-8-9-14)15-6-4-5-7-17(15)23-18/h4-7,10,12-14H,8-9,11H2,1-3H3,(H,21,24)(H,22,25)/t13-/m1/s1. The molecule has 1 heterocycles. The summed E-state index contributed by atoms with van der Waals surface area (Å²) in [6, 6.07) is 9.73. The van der Waals surface area contributed by atoms with Crippen molar-refractivity contribution in [1.29, 1.82) is 0 Å². The number of hydrogen-bond acceptors (Lipinski definition) is 4. The summed E-state index contributed by atoms with van der Waals surface area (Å²) in [4.78, 5) is 29.5. The van der Waals surface area contributed by atoms with Crippen LogP contribution in [-0.2, 0) is 4.79 Å². The zero-order chi connectivity index (χ0) is 18.7. The van der Waals surface area contributed by atoms with E-state index in [1.807, 2.05) is 31.2 Å². The Morgan fingerprint density at radius 1 is 1.23 bits per heavy atom. The molecule has 2 aromatic rings. The van der Waals surface area contributed by atoms with Crippen molar-refractivity contribution in [3.8, 4) is 0 Å². The summed E-state index contributed by atoms with van der Waals surface area (Å²) in [6.07, 6.45) is 2.09. The molecule has 0 spiro atoms. The van der Waals surface area contributed by atoms with E-state index in [1.54, 1.807) is 6.07 Å². The molecule has 1 aromatic heterocycles. The summed E-state index contributed by atoms with van der Waals surface area (Å²) in [5.74, 6) is 0.333. The number of pyridine rings is 1. The SMILES string of the molecule is CC(C)CNC(=O)[C@@H](C)Sc1cc(C(=O)NC2CC2)c2ccccc2n1. The van der Waals surface area contributed by atoms with Gasteiger partial charge in [-0.2, -0.15) is 0 Å². The monoisotopic (exact) mass is 371 g/mol. The first-order chi connectivity index (χ1) is 12.4. The van der Waals surface area contributed by atoms with Gasteiger partial charge in [-0.1, -0.05) is 43.8 Å². The Kier molecular flexibility index (Phi) is 5.81. The molecule has 2 amide bonds. The van der Waals surface area contributed by atoms with Crippen LogP contribution in [0.3, 0.4) is 0 Å². The van der Waals surface area contributed by atoms with Gasteiger partial charge in [0, 0.05) is 18.0 Å². The number of carbonyl (C=O) groups is 2. The Labute approximate surface area is 158 Å². The highest BCUT2D eigenvalue weighted by Gasteiger charge is 2.25. The molecular formula is C20H25N3O2S. The minimum Gasteiger partial charge on any atom is -0.355 e. The number of rotatable bonds is 7. The second-order valence-electron chi connectivity index (χ2n) is 7.17. The topological polar surface area (TPSA) is 71.1 Å². The van der Waals surface area contributed by atoms with Crippen LogP contribution in [0.25, 0.3) is 10.9 Å². The third-order valence-corrected chi connectivity index (χ3v) is 5.22. The molecule has 0 aliphatic heterocycles. The summed E-state index contributed by atoms with van der Waals surface area (Å²) < 4.78 is 0. The van der Waals surface area contributed by atoms with E-state index in [0.29, 0.717) is 29.1 Å². The van der Waals surface area contributed by atoms with Crippen LogP contribution < -0.4 is 10.6 Å². The molecule has 0 radical (unpaired) electrons. The number of thioether (sulfide) groups is 1. The average Bonchev–Trinajstić information content (AvgIpc) is 3.42. The van der Waals surface area contributed by atoms with Crippen LogP contribution in [0.1, 0.15) is 44.0 Å². The summed E-state index contributed by atoms with van der Waals surface area (Å²) in [5, 5.41) is 7.24. The Morgan fingerprint density at radius 3 is 2.65 bits per heavy atom. The molecule has 2 N–H and O–H groups in total. The number of nitrogens with zero attached hydrogens (tertiary/aromatic N) is 1. The lowest BCUT2D eigenvalue weighted by Crippen LogP contribution is -2.33. The van der Waals surface area contributed by atoms with Gasteiger partial charge in [-0.15, -0.1) is 0 Å². The van der Waals surface area contributed by atoms with Gasteiger partial charge in [0.25, 0.3) is 5.91 Å². The van der Waals surface area contributed by atoms with E-state index in [2.05, 4.69) is 29.5 Å². The molecule has 0 bridgehead atoms. The zero-order valence-corrected chi connectivity index (χ0v) is 16.2. The van der Waals surface area contributed by atoms with Crippen molar-refractivity contribution in [3.05, 3.63) is 35.9 Å². The smallest absolute Gasteiger partial charge is 0.252 e. The molecule has 1 aliphatic carbocycles. The molecule has 26 heavy (non-hydrogen) atoms. The van der Waals surface area contributed by atoms with E-state index in [-0.39, 0.29) is 17.1 Å². The van der Waals surface area contributed by atoms with Crippen molar-refractivity contribution in [2.24, 2.45) is 5.92 Å². The highest BCUT2D eigenvalue weighted by atomic mass is 32.2. The molecular weight excluding hydrogens is 346 g/mol. The average molecular weight is 372 g/mol. The van der Waals surface area contributed by atoms with Crippen LogP contribution in [0, 0.1) is 5.92 Å². The number of para-hydroxylation sites is 1. The maximum Gasteiger partial charge on any atom is 0.252 e. The van der Waals surface area contributed by atoms with Gasteiger partial charge in [-0.05, 0) is 37.8 Å². The fourth-order valence-corrected chi connectivity index (χ4v) is 3.46. The lowest BCUT2D eigenvalue weighted by Gasteiger charge is -2.14. The molecule has 1 aliphatic rings. The van der Waals surface area contributed by atoms with E-state index in [0.717, 1.165) is 23.7 Å². The number of benzene rings is 1. The summed E-state index contributed by atoms with van der Waals surface area (Å²) in [7, 11) is 0. The van der Waals surface area contributed by atoms with Crippen LogP contribution in [0.15, 0.2) is 35.4 Å². The Hall–Kier alpha value is -2.08. The van der Waals surface area contributed by atoms with Crippen molar-refractivity contribution in [2.75, 3.05) is 6.54 Å². The summed E-state index contributed by atoms with van der Waals surface area (Å²) in [6.45, 7) is 6.65. The zero-order valence-electron chi connectivity index (χ0n) is 15.4. The van der Waals surface area contributed by atoms with Crippen LogP contribution in [0.4, 0.5) is 0 Å². The Balaban J connectivity index is 1.81. The van der Waals surface area contributed by atoms with Crippen molar-refractivity contribution in [1.82, 2.24) is 15.6 Å². The fraction of sp³-hybridized carbons (Fsp3) is 0.450. The molecule has 1 saturated carbocycles. The third kappa shape index (κ3) is 4.75. The summed E-state index contributed by atoms with van der Waals surface area (Å²) in [5.41, 5.74) is 1.40. The van der Waals surface area contributed by atoms with Crippen molar-refractivity contribution < 1.29 is 9.59 Å². The van der Waals surface area contributed by atoms with Gasteiger partial charge in [-0.3, -0.25) is 9.59 Å². The van der Waals surface area contributed by atoms with Crippen LogP contribution in [0.5, 0.6) is 0 Å². The largest absolute Gasteiger partial charge is 0.355 e. The minimum atomic E-state index is -0.276. The van der Waals surface area contributed by atoms with E-state index < -0.39 is 0 Å². The molecule has 5 nitrogen and oxygen atoms in total. The number of carbonyl (C=O) groups excluding carboxylic acids is 2. The van der Waals surface area contributed by atoms with E-state index in [4.69, 9.17) is 0 Å². The lowest BCUT2D eigenvalue weighted by molar-refractivity contribution is -0.120. The Morgan fingerprint density at radius 2 is 1.96 bits per heavy atom. The first kappa shape index (κ1) is 18.7. The minimum absolute atomic E-state index is 0.0114. The normalized spacial score (nSPS) is 15.1. The second kappa shape index (κ2) is 8.08. The number of hydrogen-bond donors (Lipinski definition) is 2. The quantitative estimate of drug-likeness (QED) is 0.732. The van der Waals surface area contributed by atoms with Gasteiger partial charge < -0.3 is 10.6 Å². The van der Waals surface area contributed by atoms with E-state index >= 15 is 0 Å². The van der Waals surface area contributed by atoms with Crippen molar-refractivity contribution in [3.63, 3.8) is 0 Å². The number of aromatic nitrogens is 1. The predicted molar refractivity (Wildman–Crippen MR) is 105 cm³/mol. The van der Waals surface area contributed by atoms with Gasteiger partial charge in [0.1, 0.15) is 0 Å². The van der Waals surface area contributed by atoms with E-state index in [1.165, 1.54) is 11.8 Å². The maximum atomic E-state index is 12.6. The molecule has 1 aromatic carbocycles. The van der Waals surface area contributed by atoms with Gasteiger partial charge in [-0.25, -0.2) is 4.98 Å². The molecule has 0 saturated heterocycles. The van der Waals surface area contributed by atoms with Crippen LogP contribution in [0.2, 0.25) is 0 Å². The second-order valence-corrected chi connectivity index (χ2v) is 8.53. The molecule has 138 valence electrons. The third-order valence-electron chi connectivity index (χ3n) is 4.20. The van der Waals surface area contributed by atoms with Gasteiger partial charge in [0.05, 0.1) is 21.4 Å². The van der Waals surface area contributed by atoms with Crippen molar-refractivity contribution in [2.45, 2.75) is 49.9 Å². The summed E-state index contributed by atoms with van der Waals surface area (Å²) >= 11 is 1.38. The van der Waals surface area contributed by atoms with Gasteiger partial charge >= 0.3 is 0 Å². The lowest BCUT2D eigenvalue weighted by atomic mass is 10.1. The first-order valence-electron chi connectivity index (χ1n) is 9.09. The maximum absolute atomic E-state index is 12.6. The van der Waals surface area contributed by atoms with Crippen molar-refractivity contribution >= 4 is 34.5 Å². The number of nitrogens with one attached hydrogen (secondary N) is 2. The fourth-order valence-electron chi connectivity index (χ4n) is 2.57.